The number of anilines is 1. The van der Waals surface area contributed by atoms with Crippen LogP contribution in [-0.2, 0) is 0 Å². The van der Waals surface area contributed by atoms with E-state index < -0.39 is 4.92 Å². The van der Waals surface area contributed by atoms with E-state index in [0.717, 1.165) is 6.42 Å². The topological polar surface area (TPSA) is 98.3 Å². The van der Waals surface area contributed by atoms with Gasteiger partial charge in [-0.2, -0.15) is 0 Å². The first-order chi connectivity index (χ1) is 10.5. The molecule has 0 bridgehead atoms. The molecule has 1 fully saturated rings. The van der Waals surface area contributed by atoms with E-state index in [9.17, 15) is 14.9 Å². The summed E-state index contributed by atoms with van der Waals surface area (Å²) in [6.45, 7) is 0. The van der Waals surface area contributed by atoms with Crippen molar-refractivity contribution in [3.63, 3.8) is 0 Å². The van der Waals surface area contributed by atoms with Crippen molar-refractivity contribution < 1.29 is 9.72 Å². The summed E-state index contributed by atoms with van der Waals surface area (Å²) >= 11 is 0. The molecule has 0 aromatic heterocycles. The van der Waals surface area contributed by atoms with Crippen LogP contribution in [0.1, 0.15) is 28.3 Å². The Bertz CT molecular complexity index is 710. The molecule has 0 radical (unpaired) electrons. The fraction of sp³-hybridized carbons (Fsp3) is 0.188. The molecule has 0 aliphatic heterocycles. The molecule has 1 amide bonds. The Morgan fingerprint density at radius 2 is 1.73 bits per heavy atom. The summed E-state index contributed by atoms with van der Waals surface area (Å²) in [6.07, 6.45) is 1.01. The Hall–Kier alpha value is -2.73. The third-order valence-electron chi connectivity index (χ3n) is 3.78. The first-order valence-corrected chi connectivity index (χ1v) is 6.96. The van der Waals surface area contributed by atoms with Gasteiger partial charge in [-0.15, -0.1) is 0 Å². The summed E-state index contributed by atoms with van der Waals surface area (Å²) in [7, 11) is 0. The predicted molar refractivity (Wildman–Crippen MR) is 82.8 cm³/mol. The van der Waals surface area contributed by atoms with Crippen LogP contribution < -0.4 is 11.1 Å². The summed E-state index contributed by atoms with van der Waals surface area (Å²) in [4.78, 5) is 22.2. The van der Waals surface area contributed by atoms with E-state index in [1.165, 1.54) is 29.8 Å². The number of carbonyl (C=O) groups excluding carboxylic acids is 1. The van der Waals surface area contributed by atoms with E-state index in [-0.39, 0.29) is 17.6 Å². The van der Waals surface area contributed by atoms with E-state index in [2.05, 4.69) is 5.32 Å². The van der Waals surface area contributed by atoms with Gasteiger partial charge in [0.15, 0.2) is 0 Å². The zero-order valence-corrected chi connectivity index (χ0v) is 11.7. The maximum atomic E-state index is 12.1. The molecule has 0 heterocycles. The molecule has 0 unspecified atom stereocenters. The number of benzene rings is 2. The van der Waals surface area contributed by atoms with Crippen LogP contribution in [0, 0.1) is 10.1 Å². The monoisotopic (exact) mass is 297 g/mol. The second kappa shape index (κ2) is 5.57. The van der Waals surface area contributed by atoms with E-state index in [4.69, 9.17) is 5.73 Å². The summed E-state index contributed by atoms with van der Waals surface area (Å²) in [6, 6.07) is 13.3. The summed E-state index contributed by atoms with van der Waals surface area (Å²) < 4.78 is 0. The highest BCUT2D eigenvalue weighted by Crippen LogP contribution is 2.39. The van der Waals surface area contributed by atoms with Crippen molar-refractivity contribution >= 4 is 17.3 Å². The number of nitrogens with one attached hydrogen (secondary N) is 1. The van der Waals surface area contributed by atoms with Crippen LogP contribution in [0.25, 0.3) is 0 Å². The van der Waals surface area contributed by atoms with Gasteiger partial charge in [0.25, 0.3) is 11.6 Å². The number of nitro groups is 1. The van der Waals surface area contributed by atoms with Gasteiger partial charge in [0.2, 0.25) is 0 Å². The number of nitrogens with two attached hydrogens (primary N) is 1. The number of amides is 1. The van der Waals surface area contributed by atoms with Crippen LogP contribution in [-0.4, -0.2) is 16.9 Å². The zero-order valence-electron chi connectivity index (χ0n) is 11.7. The van der Waals surface area contributed by atoms with Crippen molar-refractivity contribution in [3.8, 4) is 0 Å². The second-order valence-corrected chi connectivity index (χ2v) is 5.39. The van der Waals surface area contributed by atoms with E-state index in [1.54, 1.807) is 0 Å². The van der Waals surface area contributed by atoms with Gasteiger partial charge in [-0.3, -0.25) is 14.9 Å². The smallest absolute Gasteiger partial charge is 0.269 e. The van der Waals surface area contributed by atoms with Crippen LogP contribution in [0.3, 0.4) is 0 Å². The van der Waals surface area contributed by atoms with Crippen molar-refractivity contribution in [3.05, 3.63) is 69.8 Å². The Balaban J connectivity index is 1.67. The SMILES string of the molecule is N[C@@H]1C[C@H]1c1ccc(NC(=O)c2ccc([N+](=O)[O-])cc2)cc1. The average Bonchev–Trinajstić information content (AvgIpc) is 3.25. The van der Waals surface area contributed by atoms with Gasteiger partial charge in [-0.05, 0) is 36.2 Å². The largest absolute Gasteiger partial charge is 0.327 e. The van der Waals surface area contributed by atoms with Crippen molar-refractivity contribution in [2.75, 3.05) is 5.32 Å². The highest BCUT2D eigenvalue weighted by Gasteiger charge is 2.34. The fourth-order valence-corrected chi connectivity index (χ4v) is 2.35. The molecular formula is C16H15N3O3. The molecule has 1 aliphatic rings. The molecule has 112 valence electrons. The number of carbonyl (C=O) groups is 1. The summed E-state index contributed by atoms with van der Waals surface area (Å²) in [5, 5.41) is 13.3. The fourth-order valence-electron chi connectivity index (χ4n) is 2.35. The van der Waals surface area contributed by atoms with Crippen LogP contribution >= 0.6 is 0 Å². The number of nitrogens with zero attached hydrogens (tertiary/aromatic N) is 1. The lowest BCUT2D eigenvalue weighted by Gasteiger charge is -2.06. The minimum atomic E-state index is -0.497. The van der Waals surface area contributed by atoms with Gasteiger partial charge < -0.3 is 11.1 Å². The van der Waals surface area contributed by atoms with Crippen LogP contribution in [0.5, 0.6) is 0 Å². The first kappa shape index (κ1) is 14.2. The number of rotatable bonds is 4. The molecule has 3 N–H and O–H groups in total. The Morgan fingerprint density at radius 1 is 1.14 bits per heavy atom. The highest BCUT2D eigenvalue weighted by molar-refractivity contribution is 6.04. The van der Waals surface area contributed by atoms with Crippen LogP contribution in [0.2, 0.25) is 0 Å². The minimum Gasteiger partial charge on any atom is -0.327 e. The number of nitro benzene ring substituents is 1. The average molecular weight is 297 g/mol. The standard InChI is InChI=1S/C16H15N3O3/c17-15-9-14(15)10-1-5-12(6-2-10)18-16(20)11-3-7-13(8-4-11)19(21)22/h1-8,14-15H,9,17H2,(H,18,20)/t14-,15+/m0/s1. The molecule has 6 nitrogen and oxygen atoms in total. The predicted octanol–water partition coefficient (Wildman–Crippen LogP) is 2.66. The maximum absolute atomic E-state index is 12.1. The van der Waals surface area contributed by atoms with Gasteiger partial charge >= 0.3 is 0 Å². The van der Waals surface area contributed by atoms with E-state index in [0.29, 0.717) is 17.2 Å². The van der Waals surface area contributed by atoms with Crippen LogP contribution in [0.4, 0.5) is 11.4 Å². The lowest BCUT2D eigenvalue weighted by atomic mass is 10.1. The molecular weight excluding hydrogens is 282 g/mol. The third-order valence-corrected chi connectivity index (χ3v) is 3.78. The van der Waals surface area contributed by atoms with Gasteiger partial charge in [0.05, 0.1) is 4.92 Å². The van der Waals surface area contributed by atoms with Crippen molar-refractivity contribution in [1.82, 2.24) is 0 Å². The molecule has 3 rings (SSSR count). The minimum absolute atomic E-state index is 0.0401. The Kier molecular flexibility index (Phi) is 3.60. The molecule has 1 saturated carbocycles. The molecule has 0 saturated heterocycles. The maximum Gasteiger partial charge on any atom is 0.269 e. The lowest BCUT2D eigenvalue weighted by molar-refractivity contribution is -0.384. The summed E-state index contributed by atoms with van der Waals surface area (Å²) in [5.74, 6) is 0.130. The number of hydrogen-bond acceptors (Lipinski definition) is 4. The van der Waals surface area contributed by atoms with E-state index >= 15 is 0 Å². The van der Waals surface area contributed by atoms with Gasteiger partial charge in [-0.25, -0.2) is 0 Å². The van der Waals surface area contributed by atoms with Crippen LogP contribution in [0.15, 0.2) is 48.5 Å². The van der Waals surface area contributed by atoms with Gasteiger partial charge in [0, 0.05) is 35.3 Å². The van der Waals surface area contributed by atoms with Gasteiger partial charge in [0.1, 0.15) is 0 Å². The molecule has 2 aromatic rings. The number of hydrogen-bond donors (Lipinski definition) is 2. The van der Waals surface area contributed by atoms with Crippen molar-refractivity contribution in [2.24, 2.45) is 5.73 Å². The zero-order chi connectivity index (χ0) is 15.7. The second-order valence-electron chi connectivity index (χ2n) is 5.39. The van der Waals surface area contributed by atoms with Crippen molar-refractivity contribution in [1.29, 1.82) is 0 Å². The number of non-ortho nitro benzene ring substituents is 1. The molecule has 2 aromatic carbocycles. The van der Waals surface area contributed by atoms with Gasteiger partial charge in [-0.1, -0.05) is 12.1 Å². The molecule has 0 spiro atoms. The first-order valence-electron chi connectivity index (χ1n) is 6.96. The lowest BCUT2D eigenvalue weighted by Crippen LogP contribution is -2.11. The molecule has 1 aliphatic carbocycles. The third kappa shape index (κ3) is 2.96. The Morgan fingerprint density at radius 3 is 2.23 bits per heavy atom. The molecule has 2 atom stereocenters. The molecule has 6 heteroatoms. The van der Waals surface area contributed by atoms with Crippen molar-refractivity contribution in [2.45, 2.75) is 18.4 Å². The quantitative estimate of drug-likeness (QED) is 0.669. The van der Waals surface area contributed by atoms with E-state index in [1.807, 2.05) is 24.3 Å². The highest BCUT2D eigenvalue weighted by atomic mass is 16.6. The molecule has 22 heavy (non-hydrogen) atoms. The Labute approximate surface area is 127 Å². The summed E-state index contributed by atoms with van der Waals surface area (Å²) in [5.41, 5.74) is 8.01. The normalized spacial score (nSPS) is 19.5.